The number of carbonyl (C=O) groups excluding carboxylic acids is 2. The van der Waals surface area contributed by atoms with Crippen molar-refractivity contribution in [3.8, 4) is 0 Å². The molecule has 0 spiro atoms. The number of amides is 2. The fourth-order valence-corrected chi connectivity index (χ4v) is 3.28. The summed E-state index contributed by atoms with van der Waals surface area (Å²) in [7, 11) is 1.91. The maximum atomic E-state index is 12.5. The van der Waals surface area contributed by atoms with Crippen LogP contribution in [0.1, 0.15) is 59.3 Å². The van der Waals surface area contributed by atoms with Crippen molar-refractivity contribution in [2.75, 3.05) is 13.6 Å². The second kappa shape index (κ2) is 6.88. The number of ether oxygens (including phenoxy) is 1. The maximum Gasteiger partial charge on any atom is 0.407 e. The van der Waals surface area contributed by atoms with E-state index >= 15 is 0 Å². The highest BCUT2D eigenvalue weighted by atomic mass is 16.6. The SMILES string of the molecule is CN(CC1CCC1)C(=O)[C@H]1CC[C@@H](NC(=O)OC(C)(C)C)C1. The number of hydrogen-bond acceptors (Lipinski definition) is 3. The van der Waals surface area contributed by atoms with Crippen molar-refractivity contribution in [1.29, 1.82) is 0 Å². The molecule has 1 N–H and O–H groups in total. The molecule has 0 radical (unpaired) electrons. The molecule has 0 aromatic carbocycles. The molecule has 2 fully saturated rings. The summed E-state index contributed by atoms with van der Waals surface area (Å²) in [5, 5.41) is 2.89. The van der Waals surface area contributed by atoms with Crippen LogP contribution in [0.2, 0.25) is 0 Å². The number of alkyl carbamates (subject to hydrolysis) is 1. The first kappa shape index (κ1) is 17.1. The first-order valence-electron chi connectivity index (χ1n) is 8.49. The van der Waals surface area contributed by atoms with E-state index in [2.05, 4.69) is 5.32 Å². The van der Waals surface area contributed by atoms with Crippen molar-refractivity contribution in [2.45, 2.75) is 70.9 Å². The Morgan fingerprint density at radius 3 is 2.41 bits per heavy atom. The van der Waals surface area contributed by atoms with Gasteiger partial charge in [0.25, 0.3) is 0 Å². The fourth-order valence-electron chi connectivity index (χ4n) is 3.28. The Hall–Kier alpha value is -1.26. The predicted molar refractivity (Wildman–Crippen MR) is 85.5 cm³/mol. The number of nitrogens with zero attached hydrogens (tertiary/aromatic N) is 1. The minimum atomic E-state index is -0.485. The van der Waals surface area contributed by atoms with Crippen LogP contribution >= 0.6 is 0 Å². The monoisotopic (exact) mass is 310 g/mol. The number of hydrogen-bond donors (Lipinski definition) is 1. The Morgan fingerprint density at radius 2 is 1.86 bits per heavy atom. The van der Waals surface area contributed by atoms with Gasteiger partial charge in [-0.25, -0.2) is 4.79 Å². The topological polar surface area (TPSA) is 58.6 Å². The van der Waals surface area contributed by atoms with E-state index in [0.29, 0.717) is 5.92 Å². The summed E-state index contributed by atoms with van der Waals surface area (Å²) in [6.45, 7) is 6.44. The number of carbonyl (C=O) groups is 2. The lowest BCUT2D eigenvalue weighted by molar-refractivity contribution is -0.135. The van der Waals surface area contributed by atoms with E-state index in [1.54, 1.807) is 0 Å². The highest BCUT2D eigenvalue weighted by Gasteiger charge is 2.34. The quantitative estimate of drug-likeness (QED) is 0.868. The molecule has 126 valence electrons. The summed E-state index contributed by atoms with van der Waals surface area (Å²) in [5.74, 6) is 0.983. The first-order valence-corrected chi connectivity index (χ1v) is 8.49. The van der Waals surface area contributed by atoms with Gasteiger partial charge < -0.3 is 15.0 Å². The Kier molecular flexibility index (Phi) is 5.35. The zero-order valence-corrected chi connectivity index (χ0v) is 14.4. The van der Waals surface area contributed by atoms with Crippen molar-refractivity contribution in [1.82, 2.24) is 10.2 Å². The van der Waals surface area contributed by atoms with Crippen LogP contribution in [0.15, 0.2) is 0 Å². The van der Waals surface area contributed by atoms with Crippen molar-refractivity contribution in [3.05, 3.63) is 0 Å². The van der Waals surface area contributed by atoms with Gasteiger partial charge in [0.15, 0.2) is 0 Å². The fraction of sp³-hybridized carbons (Fsp3) is 0.882. The molecular formula is C17H30N2O3. The Morgan fingerprint density at radius 1 is 1.18 bits per heavy atom. The summed E-state index contributed by atoms with van der Waals surface area (Å²) in [4.78, 5) is 26.1. The third-order valence-electron chi connectivity index (χ3n) is 4.64. The normalized spacial score (nSPS) is 25.5. The molecule has 22 heavy (non-hydrogen) atoms. The molecule has 0 unspecified atom stereocenters. The third kappa shape index (κ3) is 4.89. The maximum absolute atomic E-state index is 12.5. The van der Waals surface area contributed by atoms with Crippen LogP contribution in [-0.2, 0) is 9.53 Å². The standard InChI is InChI=1S/C17H30N2O3/c1-17(2,3)22-16(21)18-14-9-8-13(10-14)15(20)19(4)11-12-6-5-7-12/h12-14H,5-11H2,1-4H3,(H,18,21)/t13-,14+/m0/s1. The van der Waals surface area contributed by atoms with Crippen molar-refractivity contribution in [2.24, 2.45) is 11.8 Å². The van der Waals surface area contributed by atoms with E-state index in [1.807, 2.05) is 32.7 Å². The van der Waals surface area contributed by atoms with Gasteiger partial charge in [-0.15, -0.1) is 0 Å². The van der Waals surface area contributed by atoms with E-state index < -0.39 is 5.60 Å². The zero-order valence-electron chi connectivity index (χ0n) is 14.4. The average molecular weight is 310 g/mol. The van der Waals surface area contributed by atoms with Crippen LogP contribution in [0.3, 0.4) is 0 Å². The van der Waals surface area contributed by atoms with Gasteiger partial charge >= 0.3 is 6.09 Å². The second-order valence-corrected chi connectivity index (χ2v) is 7.87. The van der Waals surface area contributed by atoms with Crippen molar-refractivity contribution in [3.63, 3.8) is 0 Å². The highest BCUT2D eigenvalue weighted by Crippen LogP contribution is 2.30. The molecule has 0 bridgehead atoms. The summed E-state index contributed by atoms with van der Waals surface area (Å²) >= 11 is 0. The largest absolute Gasteiger partial charge is 0.444 e. The predicted octanol–water partition coefficient (Wildman–Crippen LogP) is 2.94. The molecule has 2 saturated carbocycles. The number of rotatable bonds is 4. The van der Waals surface area contributed by atoms with Crippen LogP contribution < -0.4 is 5.32 Å². The van der Waals surface area contributed by atoms with Crippen LogP contribution in [-0.4, -0.2) is 42.1 Å². The molecule has 2 amide bonds. The van der Waals surface area contributed by atoms with Gasteiger partial charge in [-0.1, -0.05) is 6.42 Å². The second-order valence-electron chi connectivity index (χ2n) is 7.87. The van der Waals surface area contributed by atoms with E-state index in [-0.39, 0.29) is 24.0 Å². The molecule has 5 nitrogen and oxygen atoms in total. The highest BCUT2D eigenvalue weighted by molar-refractivity contribution is 5.79. The van der Waals surface area contributed by atoms with Gasteiger partial charge in [0.1, 0.15) is 5.60 Å². The third-order valence-corrected chi connectivity index (χ3v) is 4.64. The van der Waals surface area contributed by atoms with Gasteiger partial charge in [-0.2, -0.15) is 0 Å². The minimum absolute atomic E-state index is 0.0463. The molecule has 5 heteroatoms. The van der Waals surface area contributed by atoms with Gasteiger partial charge in [0, 0.05) is 25.6 Å². The molecule has 0 aromatic rings. The molecule has 0 aromatic heterocycles. The van der Waals surface area contributed by atoms with Crippen LogP contribution in [0.4, 0.5) is 4.79 Å². The molecule has 0 heterocycles. The van der Waals surface area contributed by atoms with Gasteiger partial charge in [-0.3, -0.25) is 4.79 Å². The summed E-state index contributed by atoms with van der Waals surface area (Å²) in [6.07, 6.45) is 5.87. The molecule has 0 saturated heterocycles. The molecule has 0 aliphatic heterocycles. The molecule has 2 aliphatic carbocycles. The number of nitrogens with one attached hydrogen (secondary N) is 1. The Bertz CT molecular complexity index is 413. The van der Waals surface area contributed by atoms with E-state index in [1.165, 1.54) is 19.3 Å². The molecular weight excluding hydrogens is 280 g/mol. The zero-order chi connectivity index (χ0) is 16.3. The molecule has 2 rings (SSSR count). The van der Waals surface area contributed by atoms with E-state index in [9.17, 15) is 9.59 Å². The smallest absolute Gasteiger partial charge is 0.407 e. The molecule has 2 aliphatic rings. The van der Waals surface area contributed by atoms with Gasteiger partial charge in [-0.05, 0) is 58.8 Å². The van der Waals surface area contributed by atoms with Gasteiger partial charge in [0.2, 0.25) is 5.91 Å². The van der Waals surface area contributed by atoms with Crippen molar-refractivity contribution >= 4 is 12.0 Å². The van der Waals surface area contributed by atoms with Crippen molar-refractivity contribution < 1.29 is 14.3 Å². The lowest BCUT2D eigenvalue weighted by Crippen LogP contribution is -2.40. The van der Waals surface area contributed by atoms with E-state index in [4.69, 9.17) is 4.74 Å². The lowest BCUT2D eigenvalue weighted by Gasteiger charge is -2.31. The van der Waals surface area contributed by atoms with Crippen LogP contribution in [0.5, 0.6) is 0 Å². The molecule has 2 atom stereocenters. The van der Waals surface area contributed by atoms with Gasteiger partial charge in [0.05, 0.1) is 0 Å². The lowest BCUT2D eigenvalue weighted by atomic mass is 9.85. The first-order chi connectivity index (χ1) is 10.2. The van der Waals surface area contributed by atoms with E-state index in [0.717, 1.165) is 25.8 Å². The average Bonchev–Trinajstić information content (AvgIpc) is 2.78. The Labute approximate surface area is 133 Å². The van der Waals surface area contributed by atoms with Crippen LogP contribution in [0, 0.1) is 11.8 Å². The van der Waals surface area contributed by atoms with Crippen LogP contribution in [0.25, 0.3) is 0 Å². The minimum Gasteiger partial charge on any atom is -0.444 e. The summed E-state index contributed by atoms with van der Waals surface area (Å²) in [5.41, 5.74) is -0.485. The summed E-state index contributed by atoms with van der Waals surface area (Å²) in [6, 6.07) is 0.0564. The Balaban J connectivity index is 1.74. The summed E-state index contributed by atoms with van der Waals surface area (Å²) < 4.78 is 5.27.